The number of halogens is 1. The Hall–Kier alpha value is -0.170. The number of rotatable bonds is 13. The standard InChI is InChI=1S/C21H42N4O4S.HI/c1-3-22-20(24-18-21(10-6-7-11-21)12-15-28-4-2)23-13-16-30(26,27)25-17-19-9-5-8-14-29-19;/h19,25H,3-18H2,1-2H3,(H2,22,23,24);1H. The van der Waals surface area contributed by atoms with Gasteiger partial charge in [-0.3, -0.25) is 4.99 Å². The first kappa shape index (κ1) is 28.9. The summed E-state index contributed by atoms with van der Waals surface area (Å²) >= 11 is 0. The van der Waals surface area contributed by atoms with Crippen LogP contribution in [0.5, 0.6) is 0 Å². The van der Waals surface area contributed by atoms with Crippen molar-refractivity contribution in [3.63, 3.8) is 0 Å². The van der Waals surface area contributed by atoms with Crippen molar-refractivity contribution >= 4 is 40.0 Å². The Bertz CT molecular complexity index is 607. The third-order valence-electron chi connectivity index (χ3n) is 6.03. The Kier molecular flexibility index (Phi) is 14.6. The Labute approximate surface area is 206 Å². The van der Waals surface area contributed by atoms with Gasteiger partial charge in [-0.15, -0.1) is 24.0 Å². The van der Waals surface area contributed by atoms with E-state index >= 15 is 0 Å². The number of sulfonamides is 1. The summed E-state index contributed by atoms with van der Waals surface area (Å²) in [5.74, 6) is 0.700. The molecule has 0 aromatic rings. The fourth-order valence-electron chi connectivity index (χ4n) is 4.20. The van der Waals surface area contributed by atoms with Gasteiger partial charge in [0.1, 0.15) is 0 Å². The lowest BCUT2D eigenvalue weighted by molar-refractivity contribution is 0.0200. The highest BCUT2D eigenvalue weighted by Crippen LogP contribution is 2.41. The molecule has 1 saturated carbocycles. The van der Waals surface area contributed by atoms with Crippen LogP contribution in [0.15, 0.2) is 4.99 Å². The highest BCUT2D eigenvalue weighted by atomic mass is 127. The molecule has 0 aromatic carbocycles. The number of nitrogens with one attached hydrogen (secondary N) is 3. The van der Waals surface area contributed by atoms with Crippen molar-refractivity contribution in [2.24, 2.45) is 10.4 Å². The van der Waals surface area contributed by atoms with Gasteiger partial charge in [-0.2, -0.15) is 0 Å². The van der Waals surface area contributed by atoms with Crippen molar-refractivity contribution in [2.45, 2.75) is 71.3 Å². The summed E-state index contributed by atoms with van der Waals surface area (Å²) in [6, 6.07) is 0. The minimum Gasteiger partial charge on any atom is -0.382 e. The van der Waals surface area contributed by atoms with Crippen LogP contribution in [0.2, 0.25) is 0 Å². The molecule has 8 nitrogen and oxygen atoms in total. The average Bonchev–Trinajstić information content (AvgIpc) is 3.21. The van der Waals surface area contributed by atoms with Gasteiger partial charge in [-0.05, 0) is 57.8 Å². The molecule has 184 valence electrons. The average molecular weight is 575 g/mol. The van der Waals surface area contributed by atoms with Crippen molar-refractivity contribution in [1.82, 2.24) is 15.4 Å². The van der Waals surface area contributed by atoms with Gasteiger partial charge < -0.3 is 20.1 Å². The van der Waals surface area contributed by atoms with Gasteiger partial charge in [-0.25, -0.2) is 13.1 Å². The molecule has 0 aromatic heterocycles. The number of guanidine groups is 1. The molecule has 0 bridgehead atoms. The van der Waals surface area contributed by atoms with Crippen LogP contribution in [-0.2, 0) is 19.5 Å². The predicted molar refractivity (Wildman–Crippen MR) is 137 cm³/mol. The lowest BCUT2D eigenvalue weighted by atomic mass is 9.83. The first-order chi connectivity index (χ1) is 14.5. The minimum absolute atomic E-state index is 0. The van der Waals surface area contributed by atoms with Gasteiger partial charge in [0.2, 0.25) is 10.0 Å². The highest BCUT2D eigenvalue weighted by Gasteiger charge is 2.33. The fourth-order valence-corrected chi connectivity index (χ4v) is 5.15. The zero-order valence-corrected chi connectivity index (χ0v) is 22.4. The van der Waals surface area contributed by atoms with E-state index in [0.29, 0.717) is 19.0 Å². The van der Waals surface area contributed by atoms with E-state index in [4.69, 9.17) is 14.5 Å². The normalized spacial score (nSPS) is 21.5. The van der Waals surface area contributed by atoms with Crippen LogP contribution in [-0.4, -0.2) is 72.2 Å². The number of aliphatic imine (C=N–C) groups is 1. The maximum absolute atomic E-state index is 12.3. The van der Waals surface area contributed by atoms with E-state index in [9.17, 15) is 8.42 Å². The van der Waals surface area contributed by atoms with E-state index in [-0.39, 0.29) is 41.2 Å². The lowest BCUT2D eigenvalue weighted by Gasteiger charge is -2.27. The van der Waals surface area contributed by atoms with Crippen LogP contribution in [0.25, 0.3) is 0 Å². The second-order valence-electron chi connectivity index (χ2n) is 8.43. The Morgan fingerprint density at radius 1 is 1.16 bits per heavy atom. The van der Waals surface area contributed by atoms with Crippen LogP contribution >= 0.6 is 24.0 Å². The molecule has 1 atom stereocenters. The molecule has 1 heterocycles. The Balaban J connectivity index is 0.00000480. The van der Waals surface area contributed by atoms with E-state index in [0.717, 1.165) is 58.6 Å². The van der Waals surface area contributed by atoms with E-state index in [1.165, 1.54) is 25.7 Å². The minimum atomic E-state index is -3.34. The molecule has 1 saturated heterocycles. The van der Waals surface area contributed by atoms with Crippen molar-refractivity contribution < 1.29 is 17.9 Å². The van der Waals surface area contributed by atoms with Crippen molar-refractivity contribution in [3.8, 4) is 0 Å². The van der Waals surface area contributed by atoms with Crippen molar-refractivity contribution in [2.75, 3.05) is 51.8 Å². The zero-order valence-electron chi connectivity index (χ0n) is 19.3. The molecule has 2 aliphatic rings. The largest absolute Gasteiger partial charge is 0.382 e. The topological polar surface area (TPSA) is 101 Å². The SMILES string of the molecule is CCNC(=NCC1(CCOCC)CCCC1)NCCS(=O)(=O)NCC1CCCCO1.I. The molecule has 0 radical (unpaired) electrons. The van der Waals surface area contributed by atoms with E-state index in [2.05, 4.69) is 15.4 Å². The third kappa shape index (κ3) is 11.5. The quantitative estimate of drug-likeness (QED) is 0.135. The van der Waals surface area contributed by atoms with Crippen LogP contribution in [0.3, 0.4) is 0 Å². The van der Waals surface area contributed by atoms with Crippen molar-refractivity contribution in [3.05, 3.63) is 0 Å². The first-order valence-corrected chi connectivity index (χ1v) is 13.3. The lowest BCUT2D eigenvalue weighted by Crippen LogP contribution is -2.43. The van der Waals surface area contributed by atoms with Gasteiger partial charge in [-0.1, -0.05) is 12.8 Å². The first-order valence-electron chi connectivity index (χ1n) is 11.7. The summed E-state index contributed by atoms with van der Waals surface area (Å²) in [7, 11) is -3.34. The smallest absolute Gasteiger partial charge is 0.213 e. The van der Waals surface area contributed by atoms with Gasteiger partial charge in [0, 0.05) is 46.0 Å². The molecule has 1 aliphatic heterocycles. The van der Waals surface area contributed by atoms with Gasteiger partial charge in [0.25, 0.3) is 0 Å². The Morgan fingerprint density at radius 3 is 2.58 bits per heavy atom. The van der Waals surface area contributed by atoms with Gasteiger partial charge in [0.15, 0.2) is 5.96 Å². The van der Waals surface area contributed by atoms with E-state index in [1.807, 2.05) is 13.8 Å². The molecule has 3 N–H and O–H groups in total. The molecule has 1 unspecified atom stereocenters. The van der Waals surface area contributed by atoms with Crippen LogP contribution in [0.1, 0.15) is 65.2 Å². The molecule has 0 amide bonds. The monoisotopic (exact) mass is 574 g/mol. The molecular formula is C21H43IN4O4S. The summed E-state index contributed by atoms with van der Waals surface area (Å²) in [5.41, 5.74) is 0.213. The fraction of sp³-hybridized carbons (Fsp3) is 0.952. The Morgan fingerprint density at radius 2 is 1.94 bits per heavy atom. The number of hydrogen-bond donors (Lipinski definition) is 3. The summed E-state index contributed by atoms with van der Waals surface area (Å²) in [6.45, 7) is 8.46. The number of ether oxygens (including phenoxy) is 2. The summed E-state index contributed by atoms with van der Waals surface area (Å²) < 4.78 is 38.4. The summed E-state index contributed by atoms with van der Waals surface area (Å²) in [4.78, 5) is 4.79. The number of nitrogens with zero attached hydrogens (tertiary/aromatic N) is 1. The molecule has 2 fully saturated rings. The molecule has 31 heavy (non-hydrogen) atoms. The maximum Gasteiger partial charge on any atom is 0.213 e. The summed E-state index contributed by atoms with van der Waals surface area (Å²) in [5, 5.41) is 6.41. The second kappa shape index (κ2) is 15.6. The number of hydrogen-bond acceptors (Lipinski definition) is 5. The maximum atomic E-state index is 12.3. The molecule has 10 heteroatoms. The van der Waals surface area contributed by atoms with Crippen LogP contribution < -0.4 is 15.4 Å². The predicted octanol–water partition coefficient (Wildman–Crippen LogP) is 2.64. The van der Waals surface area contributed by atoms with Gasteiger partial charge >= 0.3 is 0 Å². The molecular weight excluding hydrogens is 531 g/mol. The molecule has 0 spiro atoms. The molecule has 1 aliphatic carbocycles. The van der Waals surface area contributed by atoms with Crippen LogP contribution in [0, 0.1) is 5.41 Å². The van der Waals surface area contributed by atoms with E-state index in [1.54, 1.807) is 0 Å². The second-order valence-corrected chi connectivity index (χ2v) is 10.4. The third-order valence-corrected chi connectivity index (χ3v) is 7.38. The highest BCUT2D eigenvalue weighted by molar-refractivity contribution is 14.0. The molecule has 2 rings (SSSR count). The van der Waals surface area contributed by atoms with Crippen LogP contribution in [0.4, 0.5) is 0 Å². The zero-order chi connectivity index (χ0) is 21.7. The van der Waals surface area contributed by atoms with Crippen molar-refractivity contribution in [1.29, 1.82) is 0 Å². The van der Waals surface area contributed by atoms with Gasteiger partial charge in [0.05, 0.1) is 11.9 Å². The summed E-state index contributed by atoms with van der Waals surface area (Å²) in [6.07, 6.45) is 8.98. The van der Waals surface area contributed by atoms with E-state index < -0.39 is 10.0 Å².